The summed E-state index contributed by atoms with van der Waals surface area (Å²) in [7, 11) is -3.43. The molecule has 0 saturated heterocycles. The minimum atomic E-state index is -3.43. The van der Waals surface area contributed by atoms with E-state index in [1.807, 2.05) is 30.3 Å². The van der Waals surface area contributed by atoms with Crippen LogP contribution in [-0.4, -0.2) is 33.0 Å². The highest BCUT2D eigenvalue weighted by atomic mass is 32.2. The molecule has 1 atom stereocenters. The second-order valence-corrected chi connectivity index (χ2v) is 5.37. The van der Waals surface area contributed by atoms with Gasteiger partial charge in [-0.15, -0.1) is 0 Å². The zero-order valence-electron chi connectivity index (χ0n) is 9.17. The van der Waals surface area contributed by atoms with Gasteiger partial charge in [-0.3, -0.25) is 4.18 Å². The predicted molar refractivity (Wildman–Crippen MR) is 61.5 cm³/mol. The highest BCUT2D eigenvalue weighted by Gasteiger charge is 2.12. The Hall–Kier alpha value is -0.910. The minimum absolute atomic E-state index is 0.0181. The zero-order valence-corrected chi connectivity index (χ0v) is 9.98. The maximum atomic E-state index is 10.8. The van der Waals surface area contributed by atoms with Gasteiger partial charge < -0.3 is 5.11 Å². The molecule has 4 nitrogen and oxygen atoms in total. The average molecular weight is 244 g/mol. The van der Waals surface area contributed by atoms with Crippen molar-refractivity contribution in [3.63, 3.8) is 0 Å². The lowest BCUT2D eigenvalue weighted by Gasteiger charge is -2.13. The molecule has 0 saturated carbocycles. The van der Waals surface area contributed by atoms with Crippen molar-refractivity contribution < 1.29 is 17.7 Å². The molecule has 1 unspecified atom stereocenters. The van der Waals surface area contributed by atoms with Gasteiger partial charge in [0.05, 0.1) is 12.9 Å². The van der Waals surface area contributed by atoms with Gasteiger partial charge in [-0.1, -0.05) is 30.3 Å². The maximum absolute atomic E-state index is 10.8. The van der Waals surface area contributed by atoms with Crippen molar-refractivity contribution in [1.29, 1.82) is 0 Å². The smallest absolute Gasteiger partial charge is 0.264 e. The summed E-state index contributed by atoms with van der Waals surface area (Å²) in [5, 5.41) is 9.11. The SMILES string of the molecule is CS(=O)(=O)OCC(CO)Cc1ccccc1. The first-order valence-corrected chi connectivity index (χ1v) is 6.82. The van der Waals surface area contributed by atoms with Crippen molar-refractivity contribution in [2.75, 3.05) is 19.5 Å². The van der Waals surface area contributed by atoms with E-state index in [-0.39, 0.29) is 19.1 Å². The first-order valence-electron chi connectivity index (χ1n) is 5.00. The second-order valence-electron chi connectivity index (χ2n) is 3.73. The Morgan fingerprint density at radius 2 is 1.94 bits per heavy atom. The fraction of sp³-hybridized carbons (Fsp3) is 0.455. The Morgan fingerprint density at radius 1 is 1.31 bits per heavy atom. The van der Waals surface area contributed by atoms with Gasteiger partial charge in [-0.2, -0.15) is 8.42 Å². The summed E-state index contributed by atoms with van der Waals surface area (Å²) in [6, 6.07) is 9.58. The number of hydrogen-bond acceptors (Lipinski definition) is 4. The molecule has 5 heteroatoms. The first-order chi connectivity index (χ1) is 7.51. The van der Waals surface area contributed by atoms with Gasteiger partial charge >= 0.3 is 0 Å². The van der Waals surface area contributed by atoms with E-state index in [4.69, 9.17) is 5.11 Å². The summed E-state index contributed by atoms with van der Waals surface area (Å²) < 4.78 is 26.3. The molecule has 16 heavy (non-hydrogen) atoms. The van der Waals surface area contributed by atoms with Crippen LogP contribution in [0.25, 0.3) is 0 Å². The zero-order chi connectivity index (χ0) is 12.0. The summed E-state index contributed by atoms with van der Waals surface area (Å²) >= 11 is 0. The topological polar surface area (TPSA) is 63.6 Å². The lowest BCUT2D eigenvalue weighted by atomic mass is 10.0. The quantitative estimate of drug-likeness (QED) is 0.752. The Balaban J connectivity index is 2.50. The Morgan fingerprint density at radius 3 is 2.44 bits per heavy atom. The lowest BCUT2D eigenvalue weighted by molar-refractivity contribution is 0.167. The molecule has 1 rings (SSSR count). The molecular weight excluding hydrogens is 228 g/mol. The predicted octanol–water partition coefficient (Wildman–Crippen LogP) is 0.814. The highest BCUT2D eigenvalue weighted by molar-refractivity contribution is 7.85. The van der Waals surface area contributed by atoms with Gasteiger partial charge in [-0.25, -0.2) is 0 Å². The molecule has 90 valence electrons. The van der Waals surface area contributed by atoms with Crippen LogP contribution in [0.4, 0.5) is 0 Å². The number of hydrogen-bond donors (Lipinski definition) is 1. The molecule has 0 fully saturated rings. The molecule has 0 heterocycles. The number of aliphatic hydroxyl groups excluding tert-OH is 1. The van der Waals surface area contributed by atoms with E-state index in [0.29, 0.717) is 6.42 Å². The fourth-order valence-corrected chi connectivity index (χ4v) is 1.78. The van der Waals surface area contributed by atoms with Crippen LogP contribution in [-0.2, 0) is 20.7 Å². The molecule has 1 aromatic rings. The van der Waals surface area contributed by atoms with Crippen molar-refractivity contribution in [3.05, 3.63) is 35.9 Å². The summed E-state index contributed by atoms with van der Waals surface area (Å²) in [5.41, 5.74) is 1.05. The molecule has 0 aliphatic heterocycles. The first kappa shape index (κ1) is 13.2. The summed E-state index contributed by atoms with van der Waals surface area (Å²) in [5.74, 6) is -0.197. The summed E-state index contributed by atoms with van der Waals surface area (Å²) in [4.78, 5) is 0. The van der Waals surface area contributed by atoms with Gasteiger partial charge in [-0.05, 0) is 12.0 Å². The van der Waals surface area contributed by atoms with Crippen LogP contribution in [0.3, 0.4) is 0 Å². The molecule has 0 amide bonds. The average Bonchev–Trinajstić information content (AvgIpc) is 2.24. The molecule has 0 aromatic heterocycles. The monoisotopic (exact) mass is 244 g/mol. The third-order valence-electron chi connectivity index (χ3n) is 2.14. The van der Waals surface area contributed by atoms with E-state index in [0.717, 1.165) is 11.8 Å². The van der Waals surface area contributed by atoms with Crippen LogP contribution in [0.15, 0.2) is 30.3 Å². The van der Waals surface area contributed by atoms with Crippen LogP contribution in [0.5, 0.6) is 0 Å². The Bertz CT molecular complexity index is 399. The number of aliphatic hydroxyl groups is 1. The maximum Gasteiger partial charge on any atom is 0.264 e. The molecule has 0 bridgehead atoms. The third kappa shape index (κ3) is 5.25. The largest absolute Gasteiger partial charge is 0.396 e. The lowest BCUT2D eigenvalue weighted by Crippen LogP contribution is -2.19. The van der Waals surface area contributed by atoms with Gasteiger partial charge in [0.15, 0.2) is 0 Å². The van der Waals surface area contributed by atoms with Crippen molar-refractivity contribution in [1.82, 2.24) is 0 Å². The molecule has 1 N–H and O–H groups in total. The van der Waals surface area contributed by atoms with Gasteiger partial charge in [0.25, 0.3) is 10.1 Å². The van der Waals surface area contributed by atoms with E-state index in [9.17, 15) is 8.42 Å². The normalized spacial score (nSPS) is 13.6. The summed E-state index contributed by atoms with van der Waals surface area (Å²) in [6.45, 7) is -0.0748. The van der Waals surface area contributed by atoms with Crippen molar-refractivity contribution in [2.24, 2.45) is 5.92 Å². The highest BCUT2D eigenvalue weighted by Crippen LogP contribution is 2.09. The van der Waals surface area contributed by atoms with Crippen LogP contribution < -0.4 is 0 Å². The van der Waals surface area contributed by atoms with Crippen LogP contribution >= 0.6 is 0 Å². The van der Waals surface area contributed by atoms with E-state index < -0.39 is 10.1 Å². The van der Waals surface area contributed by atoms with Gasteiger partial charge in [0.2, 0.25) is 0 Å². The van der Waals surface area contributed by atoms with Crippen molar-refractivity contribution >= 4 is 10.1 Å². The van der Waals surface area contributed by atoms with Crippen molar-refractivity contribution in [3.8, 4) is 0 Å². The molecule has 0 spiro atoms. The minimum Gasteiger partial charge on any atom is -0.396 e. The van der Waals surface area contributed by atoms with Crippen molar-refractivity contribution in [2.45, 2.75) is 6.42 Å². The Labute approximate surface area is 96.0 Å². The fourth-order valence-electron chi connectivity index (χ4n) is 1.34. The number of benzene rings is 1. The van der Waals surface area contributed by atoms with E-state index in [1.54, 1.807) is 0 Å². The standard InChI is InChI=1S/C11H16O4S/c1-16(13,14)15-9-11(8-12)7-10-5-3-2-4-6-10/h2-6,11-12H,7-9H2,1H3. The van der Waals surface area contributed by atoms with Crippen LogP contribution in [0.1, 0.15) is 5.56 Å². The van der Waals surface area contributed by atoms with E-state index in [1.165, 1.54) is 0 Å². The van der Waals surface area contributed by atoms with Crippen LogP contribution in [0, 0.1) is 5.92 Å². The molecule has 0 aliphatic carbocycles. The van der Waals surface area contributed by atoms with Crippen LogP contribution in [0.2, 0.25) is 0 Å². The molecule has 1 aromatic carbocycles. The van der Waals surface area contributed by atoms with E-state index >= 15 is 0 Å². The molecule has 0 radical (unpaired) electrons. The second kappa shape index (κ2) is 5.98. The molecule has 0 aliphatic rings. The Kier molecular flexibility index (Phi) is 4.92. The number of rotatable bonds is 6. The summed E-state index contributed by atoms with van der Waals surface area (Å²) in [6.07, 6.45) is 1.61. The van der Waals surface area contributed by atoms with Gasteiger partial charge in [0, 0.05) is 12.5 Å². The molecular formula is C11H16O4S. The van der Waals surface area contributed by atoms with Gasteiger partial charge in [0.1, 0.15) is 0 Å². The third-order valence-corrected chi connectivity index (χ3v) is 2.71. The van der Waals surface area contributed by atoms with E-state index in [2.05, 4.69) is 4.18 Å².